The lowest BCUT2D eigenvalue weighted by molar-refractivity contribution is 0.0553. The second-order valence-corrected chi connectivity index (χ2v) is 8.66. The molecule has 0 aromatic heterocycles. The molecule has 2 aliphatic heterocycles. The molecule has 2 heterocycles. The molecule has 114 valence electrons. The van der Waals surface area contributed by atoms with Crippen molar-refractivity contribution in [3.05, 3.63) is 28.8 Å². The van der Waals surface area contributed by atoms with Crippen molar-refractivity contribution in [1.82, 2.24) is 0 Å². The van der Waals surface area contributed by atoms with Crippen molar-refractivity contribution in [3.63, 3.8) is 0 Å². The molecule has 1 saturated heterocycles. The first kappa shape index (κ1) is 13.9. The molecule has 1 aromatic rings. The zero-order chi connectivity index (χ0) is 14.7. The van der Waals surface area contributed by atoms with E-state index in [0.29, 0.717) is 11.6 Å². The smallest absolute Gasteiger partial charge is 0.239 e. The monoisotopic (exact) mass is 327 g/mol. The summed E-state index contributed by atoms with van der Waals surface area (Å²) >= 11 is 6.16. The molecular weight excluding hydrogens is 310 g/mol. The van der Waals surface area contributed by atoms with Crippen LogP contribution in [0.15, 0.2) is 18.2 Å². The number of rotatable bonds is 3. The van der Waals surface area contributed by atoms with Crippen LogP contribution in [0.2, 0.25) is 5.02 Å². The summed E-state index contributed by atoms with van der Waals surface area (Å²) in [5.41, 5.74) is 1.52. The Bertz CT molecular complexity index is 678. The Morgan fingerprint density at radius 2 is 2.19 bits per heavy atom. The summed E-state index contributed by atoms with van der Waals surface area (Å²) in [6.07, 6.45) is 4.47. The second kappa shape index (κ2) is 4.61. The molecular formula is C15H18ClNO3S. The van der Waals surface area contributed by atoms with E-state index in [1.165, 1.54) is 0 Å². The molecule has 0 amide bonds. The van der Waals surface area contributed by atoms with Crippen molar-refractivity contribution in [2.24, 2.45) is 5.41 Å². The molecule has 0 N–H and O–H groups in total. The molecule has 1 saturated carbocycles. The van der Waals surface area contributed by atoms with E-state index in [2.05, 4.69) is 0 Å². The maximum atomic E-state index is 12.5. The lowest BCUT2D eigenvalue weighted by Crippen LogP contribution is -2.38. The lowest BCUT2D eigenvalue weighted by atomic mass is 9.96. The summed E-state index contributed by atoms with van der Waals surface area (Å²) < 4.78 is 32.4. The maximum Gasteiger partial charge on any atom is 0.239 e. The Balaban J connectivity index is 1.67. The van der Waals surface area contributed by atoms with Crippen LogP contribution >= 0.6 is 11.6 Å². The molecule has 1 unspecified atom stereocenters. The predicted octanol–water partition coefficient (Wildman–Crippen LogP) is 2.95. The zero-order valence-electron chi connectivity index (χ0n) is 11.7. The number of halogens is 1. The van der Waals surface area contributed by atoms with Crippen molar-refractivity contribution in [3.8, 4) is 0 Å². The molecule has 1 aliphatic carbocycles. The van der Waals surface area contributed by atoms with Gasteiger partial charge in [-0.2, -0.15) is 0 Å². The maximum absolute atomic E-state index is 12.5. The van der Waals surface area contributed by atoms with Crippen molar-refractivity contribution >= 4 is 27.3 Å². The summed E-state index contributed by atoms with van der Waals surface area (Å²) in [6.45, 7) is 1.34. The third-order valence-corrected chi connectivity index (χ3v) is 6.99. The van der Waals surface area contributed by atoms with Gasteiger partial charge in [0.1, 0.15) is 0 Å². The molecule has 1 aromatic carbocycles. The van der Waals surface area contributed by atoms with Crippen LogP contribution in [0.3, 0.4) is 0 Å². The third kappa shape index (κ3) is 2.17. The first-order valence-corrected chi connectivity index (χ1v) is 9.40. The molecule has 0 spiro atoms. The topological polar surface area (TPSA) is 46.6 Å². The van der Waals surface area contributed by atoms with Crippen LogP contribution in [-0.2, 0) is 20.5 Å². The quantitative estimate of drug-likeness (QED) is 0.857. The van der Waals surface area contributed by atoms with E-state index in [9.17, 15) is 8.42 Å². The van der Waals surface area contributed by atoms with Gasteiger partial charge in [0.15, 0.2) is 0 Å². The van der Waals surface area contributed by atoms with E-state index in [-0.39, 0.29) is 17.3 Å². The average Bonchev–Trinajstić information content (AvgIpc) is 2.91. The number of ether oxygens (including phenoxy) is 1. The van der Waals surface area contributed by atoms with Gasteiger partial charge in [-0.15, -0.1) is 0 Å². The minimum atomic E-state index is -3.30. The standard InChI is InChI=1S/C15H18ClNO3S/c16-12-3-1-4-13-11(12)9-21(18,19)17(13)10-15(6-7-15)14-5-2-8-20-14/h1,3-4,14H,2,5-10H2. The van der Waals surface area contributed by atoms with E-state index in [0.717, 1.165) is 43.5 Å². The van der Waals surface area contributed by atoms with Gasteiger partial charge in [-0.05, 0) is 37.8 Å². The summed E-state index contributed by atoms with van der Waals surface area (Å²) in [6, 6.07) is 5.43. The number of fused-ring (bicyclic) bond motifs is 1. The molecule has 3 aliphatic rings. The number of benzene rings is 1. The summed E-state index contributed by atoms with van der Waals surface area (Å²) in [5, 5.41) is 0.542. The number of nitrogens with zero attached hydrogens (tertiary/aromatic N) is 1. The van der Waals surface area contributed by atoms with Gasteiger partial charge >= 0.3 is 0 Å². The van der Waals surface area contributed by atoms with Crippen LogP contribution in [-0.4, -0.2) is 27.7 Å². The first-order chi connectivity index (χ1) is 10.0. The van der Waals surface area contributed by atoms with Crippen LogP contribution in [0.4, 0.5) is 5.69 Å². The molecule has 2 fully saturated rings. The van der Waals surface area contributed by atoms with Crippen molar-refractivity contribution in [2.45, 2.75) is 37.5 Å². The number of hydrogen-bond donors (Lipinski definition) is 0. The van der Waals surface area contributed by atoms with Crippen molar-refractivity contribution < 1.29 is 13.2 Å². The van der Waals surface area contributed by atoms with Crippen LogP contribution in [0.25, 0.3) is 0 Å². The van der Waals surface area contributed by atoms with E-state index in [4.69, 9.17) is 16.3 Å². The average molecular weight is 328 g/mol. The molecule has 4 nitrogen and oxygen atoms in total. The Kier molecular flexibility index (Phi) is 3.04. The molecule has 0 radical (unpaired) electrons. The fourth-order valence-corrected chi connectivity index (χ4v) is 5.67. The Morgan fingerprint density at radius 3 is 2.86 bits per heavy atom. The third-order valence-electron chi connectivity index (χ3n) is 4.99. The Labute approximate surface area is 130 Å². The Hall–Kier alpha value is -0.780. The molecule has 21 heavy (non-hydrogen) atoms. The van der Waals surface area contributed by atoms with Crippen molar-refractivity contribution in [2.75, 3.05) is 17.5 Å². The molecule has 4 rings (SSSR count). The van der Waals surface area contributed by atoms with Gasteiger partial charge in [-0.1, -0.05) is 17.7 Å². The Morgan fingerprint density at radius 1 is 1.38 bits per heavy atom. The first-order valence-electron chi connectivity index (χ1n) is 7.41. The van der Waals surface area contributed by atoms with E-state index >= 15 is 0 Å². The summed E-state index contributed by atoms with van der Waals surface area (Å²) in [7, 11) is -3.30. The molecule has 0 bridgehead atoms. The van der Waals surface area contributed by atoms with Crippen LogP contribution in [0, 0.1) is 5.41 Å². The predicted molar refractivity (Wildman–Crippen MR) is 82.1 cm³/mol. The van der Waals surface area contributed by atoms with Gasteiger partial charge in [0.25, 0.3) is 0 Å². The summed E-state index contributed by atoms with van der Waals surface area (Å²) in [4.78, 5) is 0. The minimum Gasteiger partial charge on any atom is -0.378 e. The van der Waals surface area contributed by atoms with Gasteiger partial charge in [-0.25, -0.2) is 8.42 Å². The van der Waals surface area contributed by atoms with Crippen LogP contribution in [0.5, 0.6) is 0 Å². The van der Waals surface area contributed by atoms with Crippen LogP contribution < -0.4 is 4.31 Å². The normalized spacial score (nSPS) is 28.6. The highest BCUT2D eigenvalue weighted by atomic mass is 35.5. The minimum absolute atomic E-state index is 0.0175. The van der Waals surface area contributed by atoms with Gasteiger partial charge in [0, 0.05) is 29.2 Å². The van der Waals surface area contributed by atoms with E-state index in [1.807, 2.05) is 12.1 Å². The summed E-state index contributed by atoms with van der Waals surface area (Å²) in [5.74, 6) is 0.0175. The van der Waals surface area contributed by atoms with Crippen LogP contribution in [0.1, 0.15) is 31.2 Å². The fraction of sp³-hybridized carbons (Fsp3) is 0.600. The highest BCUT2D eigenvalue weighted by molar-refractivity contribution is 7.92. The highest BCUT2D eigenvalue weighted by Gasteiger charge is 2.54. The van der Waals surface area contributed by atoms with E-state index in [1.54, 1.807) is 10.4 Å². The number of sulfonamides is 1. The number of hydrogen-bond acceptors (Lipinski definition) is 3. The lowest BCUT2D eigenvalue weighted by Gasteiger charge is -2.28. The molecule has 6 heteroatoms. The van der Waals surface area contributed by atoms with Gasteiger partial charge in [0.05, 0.1) is 17.5 Å². The molecule has 1 atom stereocenters. The largest absolute Gasteiger partial charge is 0.378 e. The van der Waals surface area contributed by atoms with Gasteiger partial charge in [0.2, 0.25) is 10.0 Å². The number of anilines is 1. The van der Waals surface area contributed by atoms with Gasteiger partial charge in [-0.3, -0.25) is 4.31 Å². The highest BCUT2D eigenvalue weighted by Crippen LogP contribution is 2.54. The van der Waals surface area contributed by atoms with E-state index < -0.39 is 10.0 Å². The SMILES string of the molecule is O=S1(=O)Cc2c(Cl)cccc2N1CC1(C2CCCO2)CC1. The van der Waals surface area contributed by atoms with Gasteiger partial charge < -0.3 is 4.74 Å². The fourth-order valence-electron chi connectivity index (χ4n) is 3.61. The second-order valence-electron chi connectivity index (χ2n) is 6.36. The van der Waals surface area contributed by atoms with Crippen molar-refractivity contribution in [1.29, 1.82) is 0 Å². The zero-order valence-corrected chi connectivity index (χ0v) is 13.3.